The number of nitrogens with zero attached hydrogens (tertiary/aromatic N) is 3. The summed E-state index contributed by atoms with van der Waals surface area (Å²) in [5, 5.41) is 4.13. The van der Waals surface area contributed by atoms with Gasteiger partial charge in [-0.05, 0) is 30.7 Å². The minimum absolute atomic E-state index is 0.0627. The normalized spacial score (nSPS) is 16.5. The molecule has 1 aliphatic heterocycles. The molecule has 0 bridgehead atoms. The summed E-state index contributed by atoms with van der Waals surface area (Å²) >= 11 is 0. The van der Waals surface area contributed by atoms with Gasteiger partial charge in [0.2, 0.25) is 5.91 Å². The van der Waals surface area contributed by atoms with Gasteiger partial charge in [0.25, 0.3) is 5.89 Å². The quantitative estimate of drug-likeness (QED) is 0.674. The number of methoxy groups -OCH3 is 2. The summed E-state index contributed by atoms with van der Waals surface area (Å²) in [6.07, 6.45) is 0.354. The minimum Gasteiger partial charge on any atom is -0.497 e. The van der Waals surface area contributed by atoms with Crippen molar-refractivity contribution in [2.45, 2.75) is 19.3 Å². The summed E-state index contributed by atoms with van der Waals surface area (Å²) in [5.74, 6) is 2.09. The molecule has 1 aromatic heterocycles. The van der Waals surface area contributed by atoms with Crippen LogP contribution in [0, 0.1) is 6.92 Å². The second kappa shape index (κ2) is 7.34. The number of carbonyl (C=O) groups is 1. The molecule has 1 aliphatic rings. The first-order chi connectivity index (χ1) is 13.6. The SMILES string of the molecule is COc1ccc(-c2nc(C3CC(=O)N(c4ccccc4C)C3)no2)c(OC)c1. The molecule has 28 heavy (non-hydrogen) atoms. The van der Waals surface area contributed by atoms with E-state index < -0.39 is 0 Å². The van der Waals surface area contributed by atoms with Gasteiger partial charge in [0.05, 0.1) is 19.8 Å². The molecule has 7 heteroatoms. The van der Waals surface area contributed by atoms with Crippen molar-refractivity contribution in [3.63, 3.8) is 0 Å². The topological polar surface area (TPSA) is 77.7 Å². The third-order valence-electron chi connectivity index (χ3n) is 4.98. The van der Waals surface area contributed by atoms with Gasteiger partial charge in [-0.2, -0.15) is 4.98 Å². The average molecular weight is 379 g/mol. The number of ether oxygens (including phenoxy) is 2. The molecule has 0 radical (unpaired) electrons. The summed E-state index contributed by atoms with van der Waals surface area (Å²) in [7, 11) is 3.17. The highest BCUT2D eigenvalue weighted by Gasteiger charge is 2.35. The lowest BCUT2D eigenvalue weighted by Crippen LogP contribution is -2.25. The summed E-state index contributed by atoms with van der Waals surface area (Å²) in [6.45, 7) is 2.53. The predicted octanol–water partition coefficient (Wildman–Crippen LogP) is 3.58. The molecule has 4 rings (SSSR count). The molecule has 1 atom stereocenters. The van der Waals surface area contributed by atoms with Gasteiger partial charge in [-0.15, -0.1) is 0 Å². The molecule has 7 nitrogen and oxygen atoms in total. The van der Waals surface area contributed by atoms with Gasteiger partial charge in [0, 0.05) is 30.6 Å². The number of benzene rings is 2. The van der Waals surface area contributed by atoms with E-state index in [4.69, 9.17) is 14.0 Å². The molecule has 2 aromatic carbocycles. The van der Waals surface area contributed by atoms with Crippen molar-refractivity contribution in [1.82, 2.24) is 10.1 Å². The molecule has 1 unspecified atom stereocenters. The maximum absolute atomic E-state index is 12.6. The number of para-hydroxylation sites is 1. The van der Waals surface area contributed by atoms with Crippen molar-refractivity contribution < 1.29 is 18.8 Å². The second-order valence-corrected chi connectivity index (χ2v) is 6.72. The largest absolute Gasteiger partial charge is 0.497 e. The number of carbonyl (C=O) groups excluding carboxylic acids is 1. The zero-order valence-electron chi connectivity index (χ0n) is 16.0. The molecule has 144 valence electrons. The van der Waals surface area contributed by atoms with Crippen molar-refractivity contribution in [2.24, 2.45) is 0 Å². The monoisotopic (exact) mass is 379 g/mol. The van der Waals surface area contributed by atoms with E-state index in [-0.39, 0.29) is 11.8 Å². The van der Waals surface area contributed by atoms with Gasteiger partial charge in [-0.1, -0.05) is 23.4 Å². The number of aryl methyl sites for hydroxylation is 1. The number of hydrogen-bond acceptors (Lipinski definition) is 6. The van der Waals surface area contributed by atoms with Crippen molar-refractivity contribution >= 4 is 11.6 Å². The van der Waals surface area contributed by atoms with Crippen LogP contribution in [0.2, 0.25) is 0 Å². The van der Waals surface area contributed by atoms with Gasteiger partial charge in [0.1, 0.15) is 11.5 Å². The molecule has 0 aliphatic carbocycles. The van der Waals surface area contributed by atoms with Gasteiger partial charge >= 0.3 is 0 Å². The second-order valence-electron chi connectivity index (χ2n) is 6.72. The molecule has 1 amide bonds. The van der Waals surface area contributed by atoms with E-state index in [0.29, 0.717) is 41.7 Å². The Kier molecular flexibility index (Phi) is 4.73. The Labute approximate surface area is 162 Å². The van der Waals surface area contributed by atoms with Crippen LogP contribution in [0.3, 0.4) is 0 Å². The molecule has 3 aromatic rings. The molecule has 1 saturated heterocycles. The third kappa shape index (κ3) is 3.19. The Morgan fingerprint density at radius 3 is 2.71 bits per heavy atom. The first kappa shape index (κ1) is 18.0. The molecular formula is C21H21N3O4. The van der Waals surface area contributed by atoms with Crippen molar-refractivity contribution in [3.05, 3.63) is 53.9 Å². The van der Waals surface area contributed by atoms with Crippen LogP contribution in [0.15, 0.2) is 47.0 Å². The molecule has 0 saturated carbocycles. The van der Waals surface area contributed by atoms with Crippen LogP contribution < -0.4 is 14.4 Å². The van der Waals surface area contributed by atoms with Crippen molar-refractivity contribution in [1.29, 1.82) is 0 Å². The van der Waals surface area contributed by atoms with E-state index in [1.54, 1.807) is 31.3 Å². The molecule has 0 spiro atoms. The highest BCUT2D eigenvalue weighted by molar-refractivity contribution is 5.97. The van der Waals surface area contributed by atoms with E-state index in [1.165, 1.54) is 0 Å². The van der Waals surface area contributed by atoms with Crippen molar-refractivity contribution in [3.8, 4) is 23.0 Å². The maximum Gasteiger partial charge on any atom is 0.261 e. The van der Waals surface area contributed by atoms with Crippen LogP contribution in [-0.2, 0) is 4.79 Å². The van der Waals surface area contributed by atoms with E-state index in [1.807, 2.05) is 37.3 Å². The fourth-order valence-electron chi connectivity index (χ4n) is 3.46. The van der Waals surface area contributed by atoms with Crippen LogP contribution in [0.25, 0.3) is 11.5 Å². The molecule has 1 fully saturated rings. The zero-order valence-corrected chi connectivity index (χ0v) is 16.0. The summed E-state index contributed by atoms with van der Waals surface area (Å²) in [6, 6.07) is 13.2. The van der Waals surface area contributed by atoms with Gasteiger partial charge in [-0.25, -0.2) is 0 Å². The predicted molar refractivity (Wildman–Crippen MR) is 104 cm³/mol. The Bertz CT molecular complexity index is 1010. The lowest BCUT2D eigenvalue weighted by Gasteiger charge is -2.18. The summed E-state index contributed by atoms with van der Waals surface area (Å²) in [5.41, 5.74) is 2.67. The first-order valence-corrected chi connectivity index (χ1v) is 9.02. The highest BCUT2D eigenvalue weighted by atomic mass is 16.5. The van der Waals surface area contributed by atoms with Crippen LogP contribution in [0.1, 0.15) is 23.7 Å². The smallest absolute Gasteiger partial charge is 0.261 e. The standard InChI is InChI=1S/C21H21N3O4/c1-13-6-4-5-7-17(13)24-12-14(10-19(24)25)20-22-21(28-23-20)16-9-8-15(26-2)11-18(16)27-3/h4-9,11,14H,10,12H2,1-3H3. The summed E-state index contributed by atoms with van der Waals surface area (Å²) in [4.78, 5) is 18.9. The zero-order chi connectivity index (χ0) is 19.7. The number of aromatic nitrogens is 2. The van der Waals surface area contributed by atoms with Crippen LogP contribution >= 0.6 is 0 Å². The Balaban J connectivity index is 1.59. The van der Waals surface area contributed by atoms with Crippen molar-refractivity contribution in [2.75, 3.05) is 25.7 Å². The van der Waals surface area contributed by atoms with Crippen LogP contribution in [0.5, 0.6) is 11.5 Å². The number of hydrogen-bond donors (Lipinski definition) is 0. The van der Waals surface area contributed by atoms with Crippen LogP contribution in [-0.4, -0.2) is 36.8 Å². The van der Waals surface area contributed by atoms with E-state index in [9.17, 15) is 4.79 Å². The fraction of sp³-hybridized carbons (Fsp3) is 0.286. The lowest BCUT2D eigenvalue weighted by atomic mass is 10.1. The maximum atomic E-state index is 12.6. The molecule has 0 N–H and O–H groups in total. The van der Waals surface area contributed by atoms with E-state index in [2.05, 4.69) is 10.1 Å². The van der Waals surface area contributed by atoms with Gasteiger partial charge < -0.3 is 18.9 Å². The first-order valence-electron chi connectivity index (χ1n) is 9.02. The molecule has 2 heterocycles. The van der Waals surface area contributed by atoms with E-state index >= 15 is 0 Å². The average Bonchev–Trinajstić information content (AvgIpc) is 3.35. The van der Waals surface area contributed by atoms with Gasteiger partial charge in [0.15, 0.2) is 5.82 Å². The number of anilines is 1. The fourth-order valence-corrected chi connectivity index (χ4v) is 3.46. The molecular weight excluding hydrogens is 358 g/mol. The Morgan fingerprint density at radius 1 is 1.14 bits per heavy atom. The Morgan fingerprint density at radius 2 is 1.96 bits per heavy atom. The summed E-state index contributed by atoms with van der Waals surface area (Å²) < 4.78 is 16.1. The minimum atomic E-state index is -0.117. The third-order valence-corrected chi connectivity index (χ3v) is 4.98. The highest BCUT2D eigenvalue weighted by Crippen LogP contribution is 2.35. The lowest BCUT2D eigenvalue weighted by molar-refractivity contribution is -0.117. The van der Waals surface area contributed by atoms with Crippen LogP contribution in [0.4, 0.5) is 5.69 Å². The number of rotatable bonds is 5. The Hall–Kier alpha value is -3.35. The number of amides is 1. The van der Waals surface area contributed by atoms with E-state index in [0.717, 1.165) is 11.3 Å². The van der Waals surface area contributed by atoms with Gasteiger partial charge in [-0.3, -0.25) is 4.79 Å².